The largest absolute Gasteiger partial charge is 0.374 e. The lowest BCUT2D eigenvalue weighted by Crippen LogP contribution is -2.54. The van der Waals surface area contributed by atoms with Crippen LogP contribution in [0.1, 0.15) is 81.1 Å². The number of amides is 2. The number of hydrogen-bond donors (Lipinski definition) is 2. The summed E-state index contributed by atoms with van der Waals surface area (Å²) in [6, 6.07) is 5.57. The minimum Gasteiger partial charge on any atom is -0.374 e. The van der Waals surface area contributed by atoms with E-state index in [2.05, 4.69) is 30.1 Å². The van der Waals surface area contributed by atoms with Gasteiger partial charge in [-0.1, -0.05) is 39.5 Å². The van der Waals surface area contributed by atoms with Crippen molar-refractivity contribution >= 4 is 23.6 Å². The van der Waals surface area contributed by atoms with Crippen LogP contribution < -0.4 is 5.32 Å². The molecule has 0 spiro atoms. The van der Waals surface area contributed by atoms with Crippen LogP contribution in [0.15, 0.2) is 23.1 Å². The van der Waals surface area contributed by atoms with Crippen LogP contribution in [0.5, 0.6) is 0 Å². The standard InChI is InChI=1S/C25H39N3O3S/c1-3-27(4-2)15-9-7-5-6-8-10-16-32-20-11-12-21-19(17-20)18-28(25(21)31)22-13-14-23(29)26-24(22)30/h11-12,17,22-23,29H,3-10,13-16,18H2,1-2H3,(H,26,30). The van der Waals surface area contributed by atoms with E-state index in [1.807, 2.05) is 23.9 Å². The van der Waals surface area contributed by atoms with Crippen LogP contribution in [0, 0.1) is 0 Å². The number of benzene rings is 1. The van der Waals surface area contributed by atoms with Gasteiger partial charge in [-0.25, -0.2) is 0 Å². The number of nitrogens with zero attached hydrogens (tertiary/aromatic N) is 2. The molecule has 32 heavy (non-hydrogen) atoms. The van der Waals surface area contributed by atoms with Crippen LogP contribution >= 0.6 is 11.8 Å². The molecule has 0 aliphatic carbocycles. The fourth-order valence-corrected chi connectivity index (χ4v) is 5.59. The van der Waals surface area contributed by atoms with E-state index in [4.69, 9.17) is 0 Å². The average molecular weight is 462 g/mol. The zero-order valence-corrected chi connectivity index (χ0v) is 20.5. The van der Waals surface area contributed by atoms with Crippen LogP contribution in [-0.2, 0) is 11.3 Å². The number of hydrogen-bond acceptors (Lipinski definition) is 5. The van der Waals surface area contributed by atoms with Crippen molar-refractivity contribution in [1.29, 1.82) is 0 Å². The summed E-state index contributed by atoms with van der Waals surface area (Å²) >= 11 is 1.85. The molecule has 0 saturated carbocycles. The molecule has 2 atom stereocenters. The van der Waals surface area contributed by atoms with Gasteiger partial charge >= 0.3 is 0 Å². The first kappa shape index (κ1) is 25.1. The average Bonchev–Trinajstić information content (AvgIpc) is 3.11. The highest BCUT2D eigenvalue weighted by molar-refractivity contribution is 7.99. The van der Waals surface area contributed by atoms with Crippen molar-refractivity contribution in [2.45, 2.75) is 88.9 Å². The fraction of sp³-hybridized carbons (Fsp3) is 0.680. The summed E-state index contributed by atoms with van der Waals surface area (Å²) in [6.07, 6.45) is 7.96. The van der Waals surface area contributed by atoms with E-state index in [-0.39, 0.29) is 11.8 Å². The second-order valence-electron chi connectivity index (χ2n) is 8.87. The number of rotatable bonds is 13. The predicted molar refractivity (Wildman–Crippen MR) is 130 cm³/mol. The topological polar surface area (TPSA) is 72.9 Å². The lowest BCUT2D eigenvalue weighted by Gasteiger charge is -2.32. The van der Waals surface area contributed by atoms with Gasteiger partial charge in [0.15, 0.2) is 0 Å². The van der Waals surface area contributed by atoms with Gasteiger partial charge in [0.1, 0.15) is 12.3 Å². The monoisotopic (exact) mass is 461 g/mol. The Morgan fingerprint density at radius 2 is 1.78 bits per heavy atom. The molecular formula is C25H39N3O3S. The summed E-state index contributed by atoms with van der Waals surface area (Å²) in [5.74, 6) is 0.764. The summed E-state index contributed by atoms with van der Waals surface area (Å²) < 4.78 is 0. The second-order valence-corrected chi connectivity index (χ2v) is 10.0. The van der Waals surface area contributed by atoms with Crippen LogP contribution in [0.4, 0.5) is 0 Å². The third-order valence-corrected chi connectivity index (χ3v) is 7.72. The van der Waals surface area contributed by atoms with E-state index < -0.39 is 12.3 Å². The van der Waals surface area contributed by atoms with Crippen LogP contribution in [0.3, 0.4) is 0 Å². The van der Waals surface area contributed by atoms with E-state index in [1.165, 1.54) is 50.0 Å². The van der Waals surface area contributed by atoms with Crippen molar-refractivity contribution in [3.8, 4) is 0 Å². The van der Waals surface area contributed by atoms with Crippen molar-refractivity contribution in [2.75, 3.05) is 25.4 Å². The molecule has 1 fully saturated rings. The highest BCUT2D eigenvalue weighted by Gasteiger charge is 2.38. The Bertz CT molecular complexity index is 769. The van der Waals surface area contributed by atoms with E-state index in [9.17, 15) is 14.7 Å². The molecule has 2 amide bonds. The molecule has 2 aliphatic rings. The first-order valence-corrected chi connectivity index (χ1v) is 13.3. The van der Waals surface area contributed by atoms with Gasteiger partial charge in [-0.2, -0.15) is 0 Å². The van der Waals surface area contributed by atoms with Crippen LogP contribution in [-0.4, -0.2) is 64.4 Å². The van der Waals surface area contributed by atoms with E-state index in [0.717, 1.165) is 24.4 Å². The van der Waals surface area contributed by atoms with E-state index in [1.54, 1.807) is 4.90 Å². The zero-order chi connectivity index (χ0) is 22.9. The second kappa shape index (κ2) is 12.6. The number of thioether (sulfide) groups is 1. The molecule has 2 heterocycles. The highest BCUT2D eigenvalue weighted by atomic mass is 32.2. The maximum absolute atomic E-state index is 12.8. The number of unbranched alkanes of at least 4 members (excludes halogenated alkanes) is 5. The SMILES string of the molecule is CCN(CC)CCCCCCCCSc1ccc2c(c1)CN(C1CCC(O)NC1=O)C2=O. The van der Waals surface area contributed by atoms with Gasteiger partial charge in [0, 0.05) is 17.0 Å². The van der Waals surface area contributed by atoms with Gasteiger partial charge in [0.25, 0.3) is 5.91 Å². The molecule has 1 saturated heterocycles. The number of aliphatic hydroxyl groups is 1. The molecule has 178 valence electrons. The smallest absolute Gasteiger partial charge is 0.255 e. The molecule has 2 aliphatic heterocycles. The van der Waals surface area contributed by atoms with Gasteiger partial charge in [-0.05, 0) is 74.8 Å². The summed E-state index contributed by atoms with van der Waals surface area (Å²) in [6.45, 7) is 8.48. The van der Waals surface area contributed by atoms with Gasteiger partial charge in [0.2, 0.25) is 5.91 Å². The molecule has 2 unspecified atom stereocenters. The molecule has 0 radical (unpaired) electrons. The quantitative estimate of drug-likeness (QED) is 0.343. The normalized spacial score (nSPS) is 20.7. The Labute approximate surface area is 197 Å². The number of aliphatic hydroxyl groups excluding tert-OH is 1. The van der Waals surface area contributed by atoms with Crippen LogP contribution in [0.25, 0.3) is 0 Å². The zero-order valence-electron chi connectivity index (χ0n) is 19.6. The molecule has 7 heteroatoms. The number of nitrogens with one attached hydrogen (secondary N) is 1. The van der Waals surface area contributed by atoms with Crippen molar-refractivity contribution in [3.63, 3.8) is 0 Å². The number of carbonyl (C=O) groups is 2. The predicted octanol–water partition coefficient (Wildman–Crippen LogP) is 4.01. The Hall–Kier alpha value is -1.57. The van der Waals surface area contributed by atoms with Crippen LogP contribution in [0.2, 0.25) is 0 Å². The van der Waals surface area contributed by atoms with Crippen molar-refractivity contribution in [2.24, 2.45) is 0 Å². The molecule has 2 N–H and O–H groups in total. The lowest BCUT2D eigenvalue weighted by atomic mass is 10.0. The summed E-state index contributed by atoms with van der Waals surface area (Å²) in [5, 5.41) is 12.1. The molecule has 6 nitrogen and oxygen atoms in total. The van der Waals surface area contributed by atoms with E-state index >= 15 is 0 Å². The highest BCUT2D eigenvalue weighted by Crippen LogP contribution is 2.31. The first-order valence-electron chi connectivity index (χ1n) is 12.3. The number of fused-ring (bicyclic) bond motifs is 1. The molecular weight excluding hydrogens is 422 g/mol. The molecule has 0 aromatic heterocycles. The molecule has 1 aromatic carbocycles. The van der Waals surface area contributed by atoms with E-state index in [0.29, 0.717) is 24.9 Å². The molecule has 3 rings (SSSR count). The molecule has 0 bridgehead atoms. The summed E-state index contributed by atoms with van der Waals surface area (Å²) in [7, 11) is 0. The third-order valence-electron chi connectivity index (χ3n) is 6.64. The molecule has 1 aromatic rings. The van der Waals surface area contributed by atoms with Crippen molar-refractivity contribution in [1.82, 2.24) is 15.1 Å². The van der Waals surface area contributed by atoms with Gasteiger partial charge in [0.05, 0.1) is 0 Å². The van der Waals surface area contributed by atoms with Gasteiger partial charge in [-0.15, -0.1) is 11.8 Å². The Balaban J connectivity index is 1.35. The maximum Gasteiger partial charge on any atom is 0.255 e. The first-order chi connectivity index (χ1) is 15.5. The number of carbonyl (C=O) groups excluding carboxylic acids is 2. The minimum atomic E-state index is -0.797. The Morgan fingerprint density at radius 1 is 1.06 bits per heavy atom. The fourth-order valence-electron chi connectivity index (χ4n) is 4.61. The van der Waals surface area contributed by atoms with Crippen molar-refractivity contribution < 1.29 is 14.7 Å². The van der Waals surface area contributed by atoms with Gasteiger partial charge in [-0.3, -0.25) is 9.59 Å². The lowest BCUT2D eigenvalue weighted by molar-refractivity contribution is -0.132. The Kier molecular flexibility index (Phi) is 9.88. The number of piperidine rings is 1. The van der Waals surface area contributed by atoms with Gasteiger partial charge < -0.3 is 20.2 Å². The maximum atomic E-state index is 12.8. The van der Waals surface area contributed by atoms with Crippen molar-refractivity contribution in [3.05, 3.63) is 29.3 Å². The minimum absolute atomic E-state index is 0.0749. The summed E-state index contributed by atoms with van der Waals surface area (Å²) in [5.41, 5.74) is 1.71. The third kappa shape index (κ3) is 6.72. The Morgan fingerprint density at radius 3 is 2.50 bits per heavy atom. The summed E-state index contributed by atoms with van der Waals surface area (Å²) in [4.78, 5) is 30.4.